The van der Waals surface area contributed by atoms with Crippen molar-refractivity contribution in [3.63, 3.8) is 0 Å². The number of thiophene rings is 1. The number of nitrogens with two attached hydrogens (primary N) is 1. The van der Waals surface area contributed by atoms with Crippen molar-refractivity contribution >= 4 is 50.0 Å². The Labute approximate surface area is 150 Å². The lowest BCUT2D eigenvalue weighted by atomic mass is 10.2. The number of hydrogen-bond donors (Lipinski definition) is 3. The number of rotatable bonds is 6. The number of carboxylic acids is 1. The van der Waals surface area contributed by atoms with E-state index in [0.29, 0.717) is 40.0 Å². The maximum absolute atomic E-state index is 11.4. The summed E-state index contributed by atoms with van der Waals surface area (Å²) < 4.78 is 6.55. The fourth-order valence-electron chi connectivity index (χ4n) is 2.35. The van der Waals surface area contributed by atoms with E-state index in [0.717, 1.165) is 4.88 Å². The van der Waals surface area contributed by atoms with E-state index >= 15 is 0 Å². The molecule has 0 radical (unpaired) electrons. The van der Waals surface area contributed by atoms with Gasteiger partial charge >= 0.3 is 5.97 Å². The van der Waals surface area contributed by atoms with Crippen LogP contribution in [0.25, 0.3) is 11.1 Å². The Morgan fingerprint density at radius 3 is 3.00 bits per heavy atom. The highest BCUT2D eigenvalue weighted by atomic mass is 79.9. The van der Waals surface area contributed by atoms with Crippen LogP contribution in [0, 0.1) is 0 Å². The van der Waals surface area contributed by atoms with Gasteiger partial charge in [0.2, 0.25) is 0 Å². The highest BCUT2D eigenvalue weighted by molar-refractivity contribution is 9.10. The molecular weight excluding hydrogens is 394 g/mol. The minimum absolute atomic E-state index is 0.0370. The normalized spacial score (nSPS) is 12.5. The number of aromatic nitrogens is 1. The number of nitrogens with one attached hydrogen (secondary N) is 1. The number of furan rings is 1. The van der Waals surface area contributed by atoms with Crippen LogP contribution in [0.1, 0.15) is 28.0 Å². The minimum atomic E-state index is -1.09. The van der Waals surface area contributed by atoms with E-state index in [-0.39, 0.29) is 11.7 Å². The quantitative estimate of drug-likeness (QED) is 0.571. The lowest BCUT2D eigenvalue weighted by Crippen LogP contribution is -2.17. The van der Waals surface area contributed by atoms with Gasteiger partial charge < -0.3 is 20.6 Å². The Hall–Kier alpha value is -1.90. The lowest BCUT2D eigenvalue weighted by Gasteiger charge is -2.06. The number of aromatic carboxylic acids is 1. The fraction of sp³-hybridized carbons (Fsp3) is 0.250. The van der Waals surface area contributed by atoms with Gasteiger partial charge in [0.1, 0.15) is 11.3 Å². The smallest absolute Gasteiger partial charge is 0.354 e. The molecule has 3 heterocycles. The summed E-state index contributed by atoms with van der Waals surface area (Å²) in [6.45, 7) is 2.46. The summed E-state index contributed by atoms with van der Waals surface area (Å²) in [5.41, 5.74) is 7.42. The first-order valence-corrected chi connectivity index (χ1v) is 9.00. The standard InChI is InChI=1S/C16H16BrN3O3S/c1-8(18)5-12-13(17)14-15(23-12)10(6-11(20-14)16(21)22)19-7-9-3-2-4-24-9/h2-4,6,8H,5,7,18H2,1H3,(H,19,20)(H,21,22). The number of hydrogen-bond acceptors (Lipinski definition) is 6. The van der Waals surface area contributed by atoms with Crippen LogP contribution in [0.3, 0.4) is 0 Å². The molecule has 0 saturated carbocycles. The van der Waals surface area contributed by atoms with Crippen molar-refractivity contribution < 1.29 is 14.3 Å². The molecule has 0 aliphatic carbocycles. The number of nitrogens with zero attached hydrogens (tertiary/aromatic N) is 1. The van der Waals surface area contributed by atoms with Crippen LogP contribution < -0.4 is 11.1 Å². The molecule has 6 nitrogen and oxygen atoms in total. The van der Waals surface area contributed by atoms with E-state index in [1.165, 1.54) is 6.07 Å². The second-order valence-electron chi connectivity index (χ2n) is 5.49. The molecule has 0 aromatic carbocycles. The Morgan fingerprint density at radius 2 is 2.38 bits per heavy atom. The fourth-order valence-corrected chi connectivity index (χ4v) is 3.50. The molecule has 1 atom stereocenters. The second kappa shape index (κ2) is 6.92. The Morgan fingerprint density at radius 1 is 1.58 bits per heavy atom. The molecule has 3 aromatic heterocycles. The first-order valence-electron chi connectivity index (χ1n) is 7.32. The van der Waals surface area contributed by atoms with E-state index < -0.39 is 5.97 Å². The van der Waals surface area contributed by atoms with Gasteiger partial charge in [0, 0.05) is 23.9 Å². The largest absolute Gasteiger partial charge is 0.477 e. The molecule has 3 aromatic rings. The van der Waals surface area contributed by atoms with Crippen LogP contribution in [0.15, 0.2) is 32.5 Å². The van der Waals surface area contributed by atoms with Crippen LogP contribution in [0.4, 0.5) is 5.69 Å². The van der Waals surface area contributed by atoms with E-state index in [2.05, 4.69) is 26.2 Å². The van der Waals surface area contributed by atoms with Crippen molar-refractivity contribution in [3.05, 3.63) is 44.4 Å². The Balaban J connectivity index is 2.05. The van der Waals surface area contributed by atoms with Crippen LogP contribution in [0.5, 0.6) is 0 Å². The van der Waals surface area contributed by atoms with Gasteiger partial charge in [-0.25, -0.2) is 9.78 Å². The van der Waals surface area contributed by atoms with Gasteiger partial charge in [-0.3, -0.25) is 0 Å². The molecule has 1 unspecified atom stereocenters. The zero-order valence-corrected chi connectivity index (χ0v) is 15.3. The average Bonchev–Trinajstić information content (AvgIpc) is 3.14. The predicted molar refractivity (Wildman–Crippen MR) is 97.7 cm³/mol. The number of carboxylic acid groups (broad SMARTS) is 1. The molecule has 0 aliphatic rings. The molecule has 8 heteroatoms. The number of anilines is 1. The molecule has 0 spiro atoms. The number of halogens is 1. The Bertz CT molecular complexity index is 874. The molecule has 0 bridgehead atoms. The summed E-state index contributed by atoms with van der Waals surface area (Å²) in [6, 6.07) is 5.39. The van der Waals surface area contributed by atoms with Gasteiger partial charge in [-0.2, -0.15) is 0 Å². The van der Waals surface area contributed by atoms with E-state index in [9.17, 15) is 9.90 Å². The average molecular weight is 410 g/mol. The summed E-state index contributed by atoms with van der Waals surface area (Å²) in [7, 11) is 0. The van der Waals surface area contributed by atoms with Crippen LogP contribution in [-0.4, -0.2) is 22.1 Å². The van der Waals surface area contributed by atoms with Crippen LogP contribution in [-0.2, 0) is 13.0 Å². The van der Waals surface area contributed by atoms with E-state index in [1.807, 2.05) is 24.4 Å². The minimum Gasteiger partial charge on any atom is -0.477 e. The van der Waals surface area contributed by atoms with Gasteiger partial charge in [0.05, 0.1) is 10.2 Å². The monoisotopic (exact) mass is 409 g/mol. The zero-order chi connectivity index (χ0) is 17.3. The third kappa shape index (κ3) is 3.45. The van der Waals surface area contributed by atoms with E-state index in [1.54, 1.807) is 11.3 Å². The molecule has 3 rings (SSSR count). The molecule has 126 valence electrons. The van der Waals surface area contributed by atoms with Crippen molar-refractivity contribution in [3.8, 4) is 0 Å². The lowest BCUT2D eigenvalue weighted by molar-refractivity contribution is 0.0691. The summed E-state index contributed by atoms with van der Waals surface area (Å²) in [5, 5.41) is 14.5. The highest BCUT2D eigenvalue weighted by Crippen LogP contribution is 2.35. The second-order valence-corrected chi connectivity index (χ2v) is 7.32. The molecule has 0 fully saturated rings. The van der Waals surface area contributed by atoms with Crippen molar-refractivity contribution in [1.29, 1.82) is 0 Å². The summed E-state index contributed by atoms with van der Waals surface area (Å²) in [5.74, 6) is -0.424. The van der Waals surface area contributed by atoms with Gasteiger partial charge in [0.15, 0.2) is 11.3 Å². The molecule has 4 N–H and O–H groups in total. The third-order valence-electron chi connectivity index (χ3n) is 3.41. The molecule has 24 heavy (non-hydrogen) atoms. The van der Waals surface area contributed by atoms with Crippen molar-refractivity contribution in [2.45, 2.75) is 25.9 Å². The van der Waals surface area contributed by atoms with Crippen molar-refractivity contribution in [2.75, 3.05) is 5.32 Å². The van der Waals surface area contributed by atoms with Crippen molar-refractivity contribution in [1.82, 2.24) is 4.98 Å². The van der Waals surface area contributed by atoms with Crippen molar-refractivity contribution in [2.24, 2.45) is 5.73 Å². The third-order valence-corrected chi connectivity index (χ3v) is 5.10. The maximum Gasteiger partial charge on any atom is 0.354 e. The number of pyridine rings is 1. The van der Waals surface area contributed by atoms with Gasteiger partial charge in [-0.05, 0) is 40.4 Å². The summed E-state index contributed by atoms with van der Waals surface area (Å²) >= 11 is 5.08. The Kier molecular flexibility index (Phi) is 4.88. The SMILES string of the molecule is CC(N)Cc1oc2c(NCc3cccs3)cc(C(=O)O)nc2c1Br. The molecule has 0 aliphatic heterocycles. The van der Waals surface area contributed by atoms with E-state index in [4.69, 9.17) is 10.2 Å². The van der Waals surface area contributed by atoms with Gasteiger partial charge in [0.25, 0.3) is 0 Å². The first kappa shape index (κ1) is 16.9. The van der Waals surface area contributed by atoms with Gasteiger partial charge in [-0.1, -0.05) is 6.07 Å². The van der Waals surface area contributed by atoms with Crippen LogP contribution >= 0.6 is 27.3 Å². The van der Waals surface area contributed by atoms with Gasteiger partial charge in [-0.15, -0.1) is 11.3 Å². The summed E-state index contributed by atoms with van der Waals surface area (Å²) in [4.78, 5) is 16.7. The summed E-state index contributed by atoms with van der Waals surface area (Å²) in [6.07, 6.45) is 0.531. The molecular formula is C16H16BrN3O3S. The zero-order valence-electron chi connectivity index (χ0n) is 12.9. The number of fused-ring (bicyclic) bond motifs is 1. The maximum atomic E-state index is 11.4. The molecule has 0 saturated heterocycles. The first-order chi connectivity index (χ1) is 11.5. The van der Waals surface area contributed by atoms with Crippen LogP contribution in [0.2, 0.25) is 0 Å². The predicted octanol–water partition coefficient (Wildman–Crippen LogP) is 3.85. The molecule has 0 amide bonds. The highest BCUT2D eigenvalue weighted by Gasteiger charge is 2.20. The topological polar surface area (TPSA) is 101 Å². The number of carbonyl (C=O) groups is 1.